The minimum absolute atomic E-state index is 0.248. The van der Waals surface area contributed by atoms with Crippen LogP contribution < -0.4 is 5.43 Å². The molecule has 3 aliphatic rings. The van der Waals surface area contributed by atoms with E-state index in [2.05, 4.69) is 34.8 Å². The molecule has 0 fully saturated rings. The third-order valence-corrected chi connectivity index (χ3v) is 5.22. The van der Waals surface area contributed by atoms with Gasteiger partial charge in [-0.05, 0) is 29.2 Å². The number of nitrogens with one attached hydrogen (secondary N) is 1. The van der Waals surface area contributed by atoms with Crippen LogP contribution in [0.2, 0.25) is 0 Å². The Labute approximate surface area is 157 Å². The quantitative estimate of drug-likeness (QED) is 0.857. The zero-order chi connectivity index (χ0) is 18.2. The lowest BCUT2D eigenvalue weighted by molar-refractivity contribution is 0.112. The second-order valence-electron chi connectivity index (χ2n) is 6.80. The number of carbonyl (C=O) groups is 1. The van der Waals surface area contributed by atoms with Crippen LogP contribution in [0.5, 0.6) is 0 Å². The zero-order valence-electron chi connectivity index (χ0n) is 14.7. The molecule has 5 heteroatoms. The first-order valence-corrected chi connectivity index (χ1v) is 9.02. The van der Waals surface area contributed by atoms with Crippen molar-refractivity contribution in [3.63, 3.8) is 0 Å². The third-order valence-electron chi connectivity index (χ3n) is 5.22. The van der Waals surface area contributed by atoms with E-state index in [4.69, 9.17) is 4.99 Å². The minimum atomic E-state index is 0.248. The van der Waals surface area contributed by atoms with Gasteiger partial charge in [-0.25, -0.2) is 10.4 Å². The van der Waals surface area contributed by atoms with Gasteiger partial charge in [-0.1, -0.05) is 42.5 Å². The predicted octanol–water partition coefficient (Wildman–Crippen LogP) is 3.55. The van der Waals surface area contributed by atoms with Gasteiger partial charge in [0.2, 0.25) is 0 Å². The molecule has 0 saturated heterocycles. The summed E-state index contributed by atoms with van der Waals surface area (Å²) in [6.45, 7) is 0.759. The highest BCUT2D eigenvalue weighted by molar-refractivity contribution is 6.10. The van der Waals surface area contributed by atoms with E-state index in [-0.39, 0.29) is 5.92 Å². The number of fused-ring (bicyclic) bond motifs is 2. The molecule has 1 atom stereocenters. The van der Waals surface area contributed by atoms with Gasteiger partial charge in [0, 0.05) is 42.2 Å². The Kier molecular flexibility index (Phi) is 3.80. The normalized spacial score (nSPS) is 20.4. The number of hydrogen-bond donors (Lipinski definition) is 1. The average molecular weight is 354 g/mol. The molecule has 2 aliphatic heterocycles. The summed E-state index contributed by atoms with van der Waals surface area (Å²) in [5, 5.41) is 2.00. The van der Waals surface area contributed by atoms with Gasteiger partial charge in [0.15, 0.2) is 0 Å². The Morgan fingerprint density at radius 3 is 2.93 bits per heavy atom. The van der Waals surface area contributed by atoms with Crippen molar-refractivity contribution in [2.75, 3.05) is 6.54 Å². The van der Waals surface area contributed by atoms with Gasteiger partial charge in [-0.3, -0.25) is 14.8 Å². The smallest absolute Gasteiger partial charge is 0.150 e. The maximum absolute atomic E-state index is 10.8. The van der Waals surface area contributed by atoms with Gasteiger partial charge < -0.3 is 0 Å². The highest BCUT2D eigenvalue weighted by Gasteiger charge is 2.31. The van der Waals surface area contributed by atoms with Crippen LogP contribution in [-0.4, -0.2) is 29.0 Å². The van der Waals surface area contributed by atoms with E-state index in [1.165, 1.54) is 11.1 Å². The van der Waals surface area contributed by atoms with Gasteiger partial charge >= 0.3 is 0 Å². The second-order valence-corrected chi connectivity index (χ2v) is 6.80. The van der Waals surface area contributed by atoms with Crippen LogP contribution in [-0.2, 0) is 0 Å². The highest BCUT2D eigenvalue weighted by Crippen LogP contribution is 2.38. The third kappa shape index (κ3) is 2.73. The van der Waals surface area contributed by atoms with Gasteiger partial charge in [0.25, 0.3) is 0 Å². The monoisotopic (exact) mass is 354 g/mol. The Balaban J connectivity index is 1.47. The second kappa shape index (κ2) is 6.45. The molecule has 0 amide bonds. The van der Waals surface area contributed by atoms with Crippen LogP contribution in [0.3, 0.4) is 0 Å². The largest absolute Gasteiger partial charge is 0.298 e. The molecule has 5 nitrogen and oxygen atoms in total. The maximum atomic E-state index is 10.8. The van der Waals surface area contributed by atoms with Crippen molar-refractivity contribution in [3.05, 3.63) is 88.6 Å². The molecule has 132 valence electrons. The van der Waals surface area contributed by atoms with Crippen molar-refractivity contribution in [2.45, 2.75) is 12.3 Å². The standard InChI is InChI=1S/C22H18N4O/c27-14-15-6-8-16(9-7-15)18-11-24-22-20(12-25-26(22)13-18)19-5-1-3-17-4-2-10-23-21(17)19/h1-4,6-11,13-14,19,25H,5,12H2. The Hall–Kier alpha value is -3.31. The Bertz CT molecular complexity index is 1030. The summed E-state index contributed by atoms with van der Waals surface area (Å²) in [5.41, 5.74) is 9.71. The van der Waals surface area contributed by atoms with E-state index in [0.717, 1.165) is 41.9 Å². The summed E-state index contributed by atoms with van der Waals surface area (Å²) in [4.78, 5) is 20.2. The van der Waals surface area contributed by atoms with E-state index in [0.29, 0.717) is 5.56 Å². The molecule has 0 radical (unpaired) electrons. The van der Waals surface area contributed by atoms with Crippen LogP contribution in [0.4, 0.5) is 0 Å². The molecule has 0 spiro atoms. The van der Waals surface area contributed by atoms with Gasteiger partial charge in [-0.2, -0.15) is 0 Å². The molecule has 2 aromatic rings. The van der Waals surface area contributed by atoms with E-state index < -0.39 is 0 Å². The SMILES string of the molecule is O=Cc1ccc(C2=CN3NCC(C4CC=Cc5cccnc54)=C3N=C2)cc1. The Morgan fingerprint density at radius 1 is 1.19 bits per heavy atom. The molecule has 27 heavy (non-hydrogen) atoms. The first-order chi connectivity index (χ1) is 13.3. The van der Waals surface area contributed by atoms with Crippen molar-refractivity contribution in [2.24, 2.45) is 4.99 Å². The average Bonchev–Trinajstić information content (AvgIpc) is 3.16. The van der Waals surface area contributed by atoms with Crippen molar-refractivity contribution < 1.29 is 4.79 Å². The van der Waals surface area contributed by atoms with Crippen molar-refractivity contribution in [1.82, 2.24) is 15.4 Å². The zero-order valence-corrected chi connectivity index (χ0v) is 14.7. The molecule has 1 unspecified atom stereocenters. The van der Waals surface area contributed by atoms with Crippen molar-refractivity contribution in [3.8, 4) is 0 Å². The minimum Gasteiger partial charge on any atom is -0.298 e. The van der Waals surface area contributed by atoms with Crippen molar-refractivity contribution in [1.29, 1.82) is 0 Å². The van der Waals surface area contributed by atoms with E-state index in [1.54, 1.807) is 0 Å². The number of pyridine rings is 1. The summed E-state index contributed by atoms with van der Waals surface area (Å²) in [6, 6.07) is 11.6. The highest BCUT2D eigenvalue weighted by atomic mass is 16.1. The lowest BCUT2D eigenvalue weighted by atomic mass is 9.85. The predicted molar refractivity (Wildman–Crippen MR) is 106 cm³/mol. The van der Waals surface area contributed by atoms with Crippen LogP contribution in [0, 0.1) is 0 Å². The summed E-state index contributed by atoms with van der Waals surface area (Å²) in [6.07, 6.45) is 12.0. The molecular weight excluding hydrogens is 336 g/mol. The number of nitrogens with zero attached hydrogens (tertiary/aromatic N) is 3. The molecule has 1 aromatic carbocycles. The molecular formula is C22H18N4O. The molecule has 0 bridgehead atoms. The maximum Gasteiger partial charge on any atom is 0.150 e. The number of carbonyl (C=O) groups excluding carboxylic acids is 1. The summed E-state index contributed by atoms with van der Waals surface area (Å²) >= 11 is 0. The molecule has 1 aliphatic carbocycles. The summed E-state index contributed by atoms with van der Waals surface area (Å²) < 4.78 is 0. The number of rotatable bonds is 3. The molecule has 5 rings (SSSR count). The number of aldehydes is 1. The summed E-state index contributed by atoms with van der Waals surface area (Å²) in [5.74, 6) is 1.21. The fourth-order valence-corrected chi connectivity index (χ4v) is 3.83. The fraction of sp³-hybridized carbons (Fsp3) is 0.136. The molecule has 1 N–H and O–H groups in total. The van der Waals surface area contributed by atoms with Crippen LogP contribution >= 0.6 is 0 Å². The van der Waals surface area contributed by atoms with Crippen molar-refractivity contribution >= 4 is 24.1 Å². The topological polar surface area (TPSA) is 57.6 Å². The van der Waals surface area contributed by atoms with Crippen LogP contribution in [0.15, 0.2) is 71.3 Å². The summed E-state index contributed by atoms with van der Waals surface area (Å²) in [7, 11) is 0. The molecule has 0 saturated carbocycles. The van der Waals surface area contributed by atoms with Crippen LogP contribution in [0.1, 0.15) is 39.5 Å². The van der Waals surface area contributed by atoms with E-state index in [9.17, 15) is 4.79 Å². The van der Waals surface area contributed by atoms with Gasteiger partial charge in [0.1, 0.15) is 12.1 Å². The van der Waals surface area contributed by atoms with E-state index in [1.807, 2.05) is 47.8 Å². The lowest BCUT2D eigenvalue weighted by Gasteiger charge is -2.23. The van der Waals surface area contributed by atoms with Crippen LogP contribution in [0.25, 0.3) is 11.6 Å². The van der Waals surface area contributed by atoms with Gasteiger partial charge in [0.05, 0.1) is 5.69 Å². The molecule has 3 heterocycles. The number of hydrogen-bond acceptors (Lipinski definition) is 5. The molecule has 1 aromatic heterocycles. The first kappa shape index (κ1) is 15.9. The number of hydrazine groups is 1. The number of benzene rings is 1. The first-order valence-electron chi connectivity index (χ1n) is 9.02. The lowest BCUT2D eigenvalue weighted by Crippen LogP contribution is -2.28. The van der Waals surface area contributed by atoms with Gasteiger partial charge in [-0.15, -0.1) is 0 Å². The Morgan fingerprint density at radius 2 is 2.07 bits per heavy atom. The number of allylic oxidation sites excluding steroid dienone is 2. The fourth-order valence-electron chi connectivity index (χ4n) is 3.83. The number of aromatic nitrogens is 1. The number of aliphatic imine (C=N–C) groups is 1. The van der Waals surface area contributed by atoms with E-state index >= 15 is 0 Å².